The summed E-state index contributed by atoms with van der Waals surface area (Å²) in [4.78, 5) is 14.3. The zero-order valence-electron chi connectivity index (χ0n) is 13.5. The van der Waals surface area contributed by atoms with Crippen molar-refractivity contribution in [2.24, 2.45) is 0 Å². The minimum atomic E-state index is -3.41. The average Bonchev–Trinajstić information content (AvgIpc) is 2.54. The van der Waals surface area contributed by atoms with E-state index in [1.807, 2.05) is 6.92 Å². The van der Waals surface area contributed by atoms with E-state index in [9.17, 15) is 13.2 Å². The van der Waals surface area contributed by atoms with Crippen LogP contribution < -0.4 is 5.32 Å². The Morgan fingerprint density at radius 3 is 2.52 bits per heavy atom. The van der Waals surface area contributed by atoms with Gasteiger partial charge in [-0.15, -0.1) is 0 Å². The molecule has 0 bridgehead atoms. The first-order chi connectivity index (χ1) is 11.0. The summed E-state index contributed by atoms with van der Waals surface area (Å²) in [6.07, 6.45) is -0.0146. The van der Waals surface area contributed by atoms with Crippen LogP contribution in [0, 0.1) is 6.92 Å². The fraction of sp³-hybridized carbons (Fsp3) is 0.562. The minimum absolute atomic E-state index is 0.0146. The second kappa shape index (κ2) is 8.42. The number of aryl methyl sites for hydroxylation is 1. The fourth-order valence-electron chi connectivity index (χ4n) is 2.36. The molecule has 0 aromatic heterocycles. The van der Waals surface area contributed by atoms with E-state index in [-0.39, 0.29) is 23.0 Å². The van der Waals surface area contributed by atoms with Crippen LogP contribution >= 0.6 is 0 Å². The number of carbonyl (C=O) groups excluding carboxylic acids is 1. The van der Waals surface area contributed by atoms with Gasteiger partial charge in [0.25, 0.3) is 0 Å². The first kappa shape index (κ1) is 17.9. The van der Waals surface area contributed by atoms with Gasteiger partial charge in [-0.05, 0) is 19.1 Å². The molecular weight excluding hydrogens is 316 g/mol. The number of carbonyl (C=O) groups is 1. The number of hydrogen-bond donors (Lipinski definition) is 1. The largest absolute Gasteiger partial charge is 0.379 e. The molecule has 1 aliphatic heterocycles. The maximum atomic E-state index is 12.2. The molecule has 1 heterocycles. The van der Waals surface area contributed by atoms with E-state index in [4.69, 9.17) is 4.74 Å². The van der Waals surface area contributed by atoms with E-state index < -0.39 is 9.84 Å². The van der Waals surface area contributed by atoms with Crippen LogP contribution in [-0.2, 0) is 19.4 Å². The van der Waals surface area contributed by atoms with E-state index in [0.29, 0.717) is 6.54 Å². The molecule has 1 fully saturated rings. The lowest BCUT2D eigenvalue weighted by Crippen LogP contribution is -2.41. The van der Waals surface area contributed by atoms with E-state index in [0.717, 1.165) is 38.4 Å². The predicted molar refractivity (Wildman–Crippen MR) is 88.1 cm³/mol. The third kappa shape index (κ3) is 5.93. The van der Waals surface area contributed by atoms with E-state index in [1.54, 1.807) is 24.3 Å². The van der Waals surface area contributed by atoms with Crippen molar-refractivity contribution in [1.29, 1.82) is 0 Å². The van der Waals surface area contributed by atoms with Crippen LogP contribution in [0.3, 0.4) is 0 Å². The lowest BCUT2D eigenvalue weighted by atomic mass is 10.2. The number of ether oxygens (including phenoxy) is 1. The normalized spacial score (nSPS) is 16.2. The van der Waals surface area contributed by atoms with Crippen LogP contribution in [0.2, 0.25) is 0 Å². The molecule has 0 radical (unpaired) electrons. The molecule has 6 nitrogen and oxygen atoms in total. The summed E-state index contributed by atoms with van der Waals surface area (Å²) >= 11 is 0. The van der Waals surface area contributed by atoms with E-state index in [1.165, 1.54) is 0 Å². The minimum Gasteiger partial charge on any atom is -0.379 e. The molecule has 1 aliphatic rings. The molecular formula is C16H24N2O4S. The smallest absolute Gasteiger partial charge is 0.221 e. The maximum absolute atomic E-state index is 12.2. The number of nitrogens with one attached hydrogen (secondary N) is 1. The molecule has 1 aromatic rings. The third-order valence-electron chi connectivity index (χ3n) is 3.83. The van der Waals surface area contributed by atoms with Gasteiger partial charge in [0.1, 0.15) is 0 Å². The molecule has 0 unspecified atom stereocenters. The summed E-state index contributed by atoms with van der Waals surface area (Å²) in [6.45, 7) is 6.39. The third-order valence-corrected chi connectivity index (χ3v) is 5.56. The Bertz CT molecular complexity index is 607. The van der Waals surface area contributed by atoms with Gasteiger partial charge < -0.3 is 10.1 Å². The van der Waals surface area contributed by atoms with Gasteiger partial charge in [0.2, 0.25) is 5.91 Å². The van der Waals surface area contributed by atoms with Crippen LogP contribution in [0.15, 0.2) is 29.2 Å². The number of rotatable bonds is 7. The highest BCUT2D eigenvalue weighted by Gasteiger charge is 2.16. The quantitative estimate of drug-likeness (QED) is 0.787. The Kier molecular flexibility index (Phi) is 6.56. The maximum Gasteiger partial charge on any atom is 0.221 e. The van der Waals surface area contributed by atoms with E-state index in [2.05, 4.69) is 10.2 Å². The molecule has 23 heavy (non-hydrogen) atoms. The average molecular weight is 340 g/mol. The van der Waals surface area contributed by atoms with Crippen LogP contribution in [0.4, 0.5) is 0 Å². The number of benzene rings is 1. The van der Waals surface area contributed by atoms with Crippen LogP contribution in [-0.4, -0.2) is 64.4 Å². The van der Waals surface area contributed by atoms with Crippen molar-refractivity contribution in [3.63, 3.8) is 0 Å². The number of nitrogens with zero attached hydrogens (tertiary/aromatic N) is 1. The van der Waals surface area contributed by atoms with Crippen LogP contribution in [0.1, 0.15) is 12.0 Å². The molecule has 1 aromatic carbocycles. The van der Waals surface area contributed by atoms with Gasteiger partial charge in [0.05, 0.1) is 23.9 Å². The van der Waals surface area contributed by atoms with Crippen molar-refractivity contribution in [3.8, 4) is 0 Å². The summed E-state index contributed by atoms with van der Waals surface area (Å²) in [6, 6.07) is 6.69. The highest BCUT2D eigenvalue weighted by Crippen LogP contribution is 2.12. The number of hydrogen-bond acceptors (Lipinski definition) is 5. The van der Waals surface area contributed by atoms with Gasteiger partial charge in [-0.2, -0.15) is 0 Å². The van der Waals surface area contributed by atoms with Gasteiger partial charge in [-0.1, -0.05) is 17.7 Å². The highest BCUT2D eigenvalue weighted by atomic mass is 32.2. The molecule has 1 N–H and O–H groups in total. The highest BCUT2D eigenvalue weighted by molar-refractivity contribution is 7.91. The molecule has 2 rings (SSSR count). The Balaban J connectivity index is 1.71. The zero-order valence-corrected chi connectivity index (χ0v) is 14.3. The number of morpholine rings is 1. The van der Waals surface area contributed by atoms with Crippen LogP contribution in [0.25, 0.3) is 0 Å². The molecule has 1 amide bonds. The summed E-state index contributed by atoms with van der Waals surface area (Å²) in [5.74, 6) is -0.395. The summed E-state index contributed by atoms with van der Waals surface area (Å²) in [5.41, 5.74) is 1.00. The molecule has 128 valence electrons. The molecule has 7 heteroatoms. The Morgan fingerprint density at radius 1 is 1.22 bits per heavy atom. The lowest BCUT2D eigenvalue weighted by molar-refractivity contribution is -0.120. The number of sulfone groups is 1. The van der Waals surface area contributed by atoms with Gasteiger partial charge >= 0.3 is 0 Å². The van der Waals surface area contributed by atoms with Gasteiger partial charge in [0, 0.05) is 32.6 Å². The van der Waals surface area contributed by atoms with Crippen molar-refractivity contribution in [3.05, 3.63) is 29.8 Å². The van der Waals surface area contributed by atoms with Gasteiger partial charge in [0.15, 0.2) is 9.84 Å². The van der Waals surface area contributed by atoms with Crippen molar-refractivity contribution >= 4 is 15.7 Å². The Hall–Kier alpha value is -1.44. The lowest BCUT2D eigenvalue weighted by Gasteiger charge is -2.26. The van der Waals surface area contributed by atoms with Crippen molar-refractivity contribution in [2.75, 3.05) is 45.1 Å². The predicted octanol–water partition coefficient (Wildman–Crippen LogP) is 0.607. The summed E-state index contributed by atoms with van der Waals surface area (Å²) in [7, 11) is -3.41. The second-order valence-electron chi connectivity index (χ2n) is 5.69. The number of amides is 1. The van der Waals surface area contributed by atoms with Crippen molar-refractivity contribution in [1.82, 2.24) is 10.2 Å². The topological polar surface area (TPSA) is 75.7 Å². The molecule has 0 saturated carbocycles. The van der Waals surface area contributed by atoms with Crippen molar-refractivity contribution < 1.29 is 17.9 Å². The van der Waals surface area contributed by atoms with Gasteiger partial charge in [-0.3, -0.25) is 9.69 Å². The molecule has 0 aliphatic carbocycles. The first-order valence-corrected chi connectivity index (χ1v) is 9.49. The van der Waals surface area contributed by atoms with E-state index >= 15 is 0 Å². The summed E-state index contributed by atoms with van der Waals surface area (Å²) < 4.78 is 29.6. The van der Waals surface area contributed by atoms with Crippen LogP contribution in [0.5, 0.6) is 0 Å². The SMILES string of the molecule is Cc1ccc(S(=O)(=O)CCC(=O)NCCN2CCOCC2)cc1. The first-order valence-electron chi connectivity index (χ1n) is 7.83. The van der Waals surface area contributed by atoms with Gasteiger partial charge in [-0.25, -0.2) is 8.42 Å². The standard InChI is InChI=1S/C16H24N2O4S/c1-14-2-4-15(5-3-14)23(20,21)13-6-16(19)17-7-8-18-9-11-22-12-10-18/h2-5H,6-13H2,1H3,(H,17,19). The summed E-state index contributed by atoms with van der Waals surface area (Å²) in [5, 5.41) is 2.78. The molecule has 0 atom stereocenters. The second-order valence-corrected chi connectivity index (χ2v) is 7.80. The zero-order chi connectivity index (χ0) is 16.7. The monoisotopic (exact) mass is 340 g/mol. The fourth-order valence-corrected chi connectivity index (χ4v) is 3.60. The molecule has 0 spiro atoms. The Labute approximate surface area is 137 Å². The Morgan fingerprint density at radius 2 is 1.87 bits per heavy atom. The van der Waals surface area contributed by atoms with Crippen molar-refractivity contribution in [2.45, 2.75) is 18.2 Å². The molecule has 1 saturated heterocycles.